The summed E-state index contributed by atoms with van der Waals surface area (Å²) in [6.07, 6.45) is 1.93. The summed E-state index contributed by atoms with van der Waals surface area (Å²) in [7, 11) is 0. The molecule has 0 amide bonds. The van der Waals surface area contributed by atoms with Crippen LogP contribution in [0.4, 0.5) is 0 Å². The Morgan fingerprint density at radius 3 is 2.54 bits per heavy atom. The van der Waals surface area contributed by atoms with Gasteiger partial charge in [-0.2, -0.15) is 0 Å². The van der Waals surface area contributed by atoms with Crippen LogP contribution < -0.4 is 10.6 Å². The zero-order valence-corrected chi connectivity index (χ0v) is 20.3. The number of aliphatic imine (C=N–C) groups is 1. The second-order valence-electron chi connectivity index (χ2n) is 8.59. The number of aliphatic hydroxyl groups is 1. The smallest absolute Gasteiger partial charge is 0.191 e. The molecule has 1 aliphatic heterocycles. The molecule has 1 saturated heterocycles. The molecule has 0 aliphatic carbocycles. The predicted octanol–water partition coefficient (Wildman–Crippen LogP) is 4.04. The van der Waals surface area contributed by atoms with Crippen molar-refractivity contribution in [3.63, 3.8) is 0 Å². The van der Waals surface area contributed by atoms with Crippen LogP contribution in [0, 0.1) is 18.3 Å². The molecule has 0 bridgehead atoms. The largest absolute Gasteiger partial charge is 0.386 e. The van der Waals surface area contributed by atoms with E-state index in [1.54, 1.807) is 0 Å². The average molecular weight is 503 g/mol. The number of aliphatic hydroxyl groups excluding tert-OH is 1. The Morgan fingerprint density at radius 1 is 1.25 bits per heavy atom. The molecule has 3 atom stereocenters. The molecule has 1 heterocycles. The lowest BCUT2D eigenvalue weighted by molar-refractivity contribution is -0.0835. The Morgan fingerprint density at radius 2 is 1.93 bits per heavy atom. The molecule has 0 saturated carbocycles. The van der Waals surface area contributed by atoms with Crippen LogP contribution in [0.3, 0.4) is 0 Å². The van der Waals surface area contributed by atoms with Crippen molar-refractivity contribution in [2.24, 2.45) is 16.3 Å². The van der Waals surface area contributed by atoms with Gasteiger partial charge in [-0.05, 0) is 37.7 Å². The highest BCUT2D eigenvalue weighted by molar-refractivity contribution is 14.0. The van der Waals surface area contributed by atoms with Gasteiger partial charge in [-0.25, -0.2) is 0 Å². The quantitative estimate of drug-likeness (QED) is 0.312. The number of halogens is 1. The van der Waals surface area contributed by atoms with E-state index in [0.717, 1.165) is 37.6 Å². The van der Waals surface area contributed by atoms with Crippen molar-refractivity contribution >= 4 is 29.9 Å². The van der Waals surface area contributed by atoms with Crippen LogP contribution in [0.1, 0.15) is 57.8 Å². The van der Waals surface area contributed by atoms with Gasteiger partial charge in [0.1, 0.15) is 0 Å². The predicted molar refractivity (Wildman–Crippen MR) is 127 cm³/mol. The van der Waals surface area contributed by atoms with Gasteiger partial charge >= 0.3 is 0 Å². The second-order valence-corrected chi connectivity index (χ2v) is 8.59. The average Bonchev–Trinajstić information content (AvgIpc) is 2.64. The number of rotatable bonds is 6. The molecule has 0 aromatic heterocycles. The summed E-state index contributed by atoms with van der Waals surface area (Å²) in [6, 6.07) is 7.95. The van der Waals surface area contributed by atoms with Gasteiger partial charge in [0.05, 0.1) is 18.8 Å². The monoisotopic (exact) mass is 503 g/mol. The zero-order valence-electron chi connectivity index (χ0n) is 18.0. The Balaban J connectivity index is 0.00000392. The maximum absolute atomic E-state index is 10.4. The van der Waals surface area contributed by atoms with Crippen molar-refractivity contribution in [3.8, 4) is 0 Å². The lowest BCUT2D eigenvalue weighted by Gasteiger charge is -2.40. The molecule has 1 aliphatic rings. The summed E-state index contributed by atoms with van der Waals surface area (Å²) in [6.45, 7) is 13.6. The van der Waals surface area contributed by atoms with Gasteiger partial charge < -0.3 is 20.5 Å². The van der Waals surface area contributed by atoms with Crippen molar-refractivity contribution in [1.82, 2.24) is 10.6 Å². The maximum atomic E-state index is 10.4. The van der Waals surface area contributed by atoms with Crippen LogP contribution in [-0.2, 0) is 4.74 Å². The van der Waals surface area contributed by atoms with E-state index in [9.17, 15) is 5.11 Å². The van der Waals surface area contributed by atoms with Gasteiger partial charge in [0.15, 0.2) is 5.96 Å². The van der Waals surface area contributed by atoms with Crippen molar-refractivity contribution in [3.05, 3.63) is 35.4 Å². The Hall–Kier alpha value is -0.860. The first-order chi connectivity index (χ1) is 12.8. The first-order valence-corrected chi connectivity index (χ1v) is 10.2. The van der Waals surface area contributed by atoms with Crippen LogP contribution in [-0.4, -0.2) is 43.4 Å². The number of hydrogen-bond donors (Lipinski definition) is 3. The van der Waals surface area contributed by atoms with Gasteiger partial charge in [0, 0.05) is 25.6 Å². The standard InChI is InChI=1S/C22H37N3O2.HI/c1-6-23-21(25-15-19(26)17-11-9-16(2)10-12-17)24-14-18-8-7-13-27-20(18)22(3,4)5;/h9-12,18-20,26H,6-8,13-15H2,1-5H3,(H2,23,24,25);1H. The molecule has 2 rings (SSSR count). The van der Waals surface area contributed by atoms with Crippen molar-refractivity contribution in [2.45, 2.75) is 59.7 Å². The minimum atomic E-state index is -0.596. The highest BCUT2D eigenvalue weighted by Gasteiger charge is 2.35. The van der Waals surface area contributed by atoms with E-state index in [1.807, 2.05) is 31.2 Å². The summed E-state index contributed by atoms with van der Waals surface area (Å²) in [4.78, 5) is 4.59. The summed E-state index contributed by atoms with van der Waals surface area (Å²) >= 11 is 0. The summed E-state index contributed by atoms with van der Waals surface area (Å²) in [5, 5.41) is 17.1. The number of benzene rings is 1. The molecule has 5 nitrogen and oxygen atoms in total. The topological polar surface area (TPSA) is 65.9 Å². The van der Waals surface area contributed by atoms with Crippen molar-refractivity contribution in [2.75, 3.05) is 26.2 Å². The van der Waals surface area contributed by atoms with E-state index in [2.05, 4.69) is 43.3 Å². The molecule has 160 valence electrons. The third kappa shape index (κ3) is 7.87. The minimum absolute atomic E-state index is 0. The summed E-state index contributed by atoms with van der Waals surface area (Å²) in [5.74, 6) is 1.21. The minimum Gasteiger partial charge on any atom is -0.386 e. The van der Waals surface area contributed by atoms with Gasteiger partial charge in [-0.1, -0.05) is 50.6 Å². The molecule has 3 N–H and O–H groups in total. The molecule has 3 unspecified atom stereocenters. The number of nitrogens with one attached hydrogen (secondary N) is 2. The molecule has 28 heavy (non-hydrogen) atoms. The maximum Gasteiger partial charge on any atom is 0.191 e. The van der Waals surface area contributed by atoms with Crippen molar-refractivity contribution < 1.29 is 9.84 Å². The highest BCUT2D eigenvalue weighted by Crippen LogP contribution is 2.33. The van der Waals surface area contributed by atoms with Crippen LogP contribution in [0.2, 0.25) is 0 Å². The van der Waals surface area contributed by atoms with E-state index >= 15 is 0 Å². The number of guanidine groups is 1. The molecule has 1 fully saturated rings. The third-order valence-electron chi connectivity index (χ3n) is 5.06. The normalized spacial score (nSPS) is 21.6. The first-order valence-electron chi connectivity index (χ1n) is 10.2. The molecular weight excluding hydrogens is 465 g/mol. The third-order valence-corrected chi connectivity index (χ3v) is 5.06. The lowest BCUT2D eigenvalue weighted by atomic mass is 9.78. The number of ether oxygens (including phenoxy) is 1. The fourth-order valence-corrected chi connectivity index (χ4v) is 3.65. The van der Waals surface area contributed by atoms with Crippen LogP contribution in [0.5, 0.6) is 0 Å². The highest BCUT2D eigenvalue weighted by atomic mass is 127. The molecule has 6 heteroatoms. The van der Waals surface area contributed by atoms with E-state index in [1.165, 1.54) is 12.0 Å². The van der Waals surface area contributed by atoms with Gasteiger partial charge in [-0.15, -0.1) is 24.0 Å². The summed E-state index contributed by atoms with van der Waals surface area (Å²) < 4.78 is 6.07. The molecule has 1 aromatic rings. The van der Waals surface area contributed by atoms with E-state index in [4.69, 9.17) is 4.74 Å². The van der Waals surface area contributed by atoms with E-state index in [-0.39, 0.29) is 35.5 Å². The van der Waals surface area contributed by atoms with Gasteiger partial charge in [-0.3, -0.25) is 4.99 Å². The Kier molecular flexibility index (Phi) is 10.8. The van der Waals surface area contributed by atoms with Gasteiger partial charge in [0.2, 0.25) is 0 Å². The summed E-state index contributed by atoms with van der Waals surface area (Å²) in [5.41, 5.74) is 2.21. The number of aryl methyl sites for hydroxylation is 1. The first kappa shape index (κ1) is 25.2. The van der Waals surface area contributed by atoms with Crippen molar-refractivity contribution in [1.29, 1.82) is 0 Å². The lowest BCUT2D eigenvalue weighted by Crippen LogP contribution is -2.47. The Labute approximate surface area is 187 Å². The fraction of sp³-hybridized carbons (Fsp3) is 0.682. The second kappa shape index (κ2) is 12.0. The fourth-order valence-electron chi connectivity index (χ4n) is 3.65. The molecule has 1 aromatic carbocycles. The van der Waals surface area contributed by atoms with Crippen LogP contribution >= 0.6 is 24.0 Å². The SMILES string of the molecule is CCNC(=NCC(O)c1ccc(C)cc1)NCC1CCCOC1C(C)(C)C.I. The van der Waals surface area contributed by atoms with Gasteiger partial charge in [0.25, 0.3) is 0 Å². The van der Waals surface area contributed by atoms with E-state index in [0.29, 0.717) is 12.5 Å². The molecule has 0 radical (unpaired) electrons. The molecular formula is C22H38IN3O2. The zero-order chi connectivity index (χ0) is 19.9. The van der Waals surface area contributed by atoms with Crippen LogP contribution in [0.15, 0.2) is 29.3 Å². The van der Waals surface area contributed by atoms with Crippen LogP contribution in [0.25, 0.3) is 0 Å². The van der Waals surface area contributed by atoms with E-state index < -0.39 is 6.10 Å². The Bertz CT molecular complexity index is 599. The number of hydrogen-bond acceptors (Lipinski definition) is 3. The molecule has 0 spiro atoms. The number of nitrogens with zero attached hydrogens (tertiary/aromatic N) is 1.